The van der Waals surface area contributed by atoms with Crippen molar-refractivity contribution in [3.05, 3.63) is 57.7 Å². The van der Waals surface area contributed by atoms with Crippen molar-refractivity contribution in [3.8, 4) is 0 Å². The predicted octanol–water partition coefficient (Wildman–Crippen LogP) is 2.05. The molecule has 3 rings (SSSR count). The Morgan fingerprint density at radius 3 is 2.68 bits per heavy atom. The summed E-state index contributed by atoms with van der Waals surface area (Å²) in [5.41, 5.74) is 1.91. The quantitative estimate of drug-likeness (QED) is 0.703. The zero-order valence-electron chi connectivity index (χ0n) is 10.8. The number of aryl methyl sites for hydroxylation is 2. The standard InChI is InChI=1S/C14H13N3O2/c1-9-12-10(2)19-16-13(12)14(18)17(15-9)8-11-6-4-3-5-7-11/h3-7H,8H2,1-2H3. The van der Waals surface area contributed by atoms with Crippen LogP contribution in [-0.4, -0.2) is 14.9 Å². The molecule has 0 amide bonds. The number of hydrogen-bond acceptors (Lipinski definition) is 4. The third-order valence-electron chi connectivity index (χ3n) is 3.11. The zero-order chi connectivity index (χ0) is 13.4. The summed E-state index contributed by atoms with van der Waals surface area (Å²) >= 11 is 0. The molecule has 2 heterocycles. The van der Waals surface area contributed by atoms with Crippen LogP contribution in [-0.2, 0) is 6.54 Å². The van der Waals surface area contributed by atoms with Crippen LogP contribution >= 0.6 is 0 Å². The molecule has 0 saturated heterocycles. The topological polar surface area (TPSA) is 60.9 Å². The lowest BCUT2D eigenvalue weighted by Crippen LogP contribution is -2.24. The van der Waals surface area contributed by atoms with Crippen LogP contribution in [0.4, 0.5) is 0 Å². The van der Waals surface area contributed by atoms with Gasteiger partial charge < -0.3 is 4.52 Å². The predicted molar refractivity (Wildman–Crippen MR) is 71.1 cm³/mol. The number of hydrogen-bond donors (Lipinski definition) is 0. The molecule has 0 spiro atoms. The minimum atomic E-state index is -0.221. The van der Waals surface area contributed by atoms with Crippen molar-refractivity contribution in [2.45, 2.75) is 20.4 Å². The number of benzene rings is 1. The van der Waals surface area contributed by atoms with Gasteiger partial charge in [0.15, 0.2) is 5.52 Å². The maximum atomic E-state index is 12.3. The van der Waals surface area contributed by atoms with Gasteiger partial charge in [-0.1, -0.05) is 35.5 Å². The molecule has 0 bridgehead atoms. The lowest BCUT2D eigenvalue weighted by molar-refractivity contribution is 0.405. The van der Waals surface area contributed by atoms with E-state index < -0.39 is 0 Å². The average Bonchev–Trinajstić information content (AvgIpc) is 2.80. The van der Waals surface area contributed by atoms with Gasteiger partial charge in [0.25, 0.3) is 5.56 Å². The highest BCUT2D eigenvalue weighted by molar-refractivity contribution is 5.81. The van der Waals surface area contributed by atoms with Gasteiger partial charge in [-0.3, -0.25) is 4.79 Å². The molecule has 0 atom stereocenters. The largest absolute Gasteiger partial charge is 0.360 e. The first-order valence-corrected chi connectivity index (χ1v) is 6.04. The van der Waals surface area contributed by atoms with Gasteiger partial charge in [-0.05, 0) is 19.4 Å². The van der Waals surface area contributed by atoms with Crippen molar-refractivity contribution >= 4 is 10.9 Å². The SMILES string of the molecule is Cc1nn(Cc2ccccc2)c(=O)c2noc(C)c12. The third kappa shape index (κ3) is 1.93. The summed E-state index contributed by atoms with van der Waals surface area (Å²) in [6.07, 6.45) is 0. The molecule has 0 N–H and O–H groups in total. The van der Waals surface area contributed by atoms with Crippen LogP contribution in [0.1, 0.15) is 17.0 Å². The van der Waals surface area contributed by atoms with Crippen LogP contribution in [0.15, 0.2) is 39.6 Å². The molecule has 0 saturated carbocycles. The van der Waals surface area contributed by atoms with Gasteiger partial charge in [0.05, 0.1) is 17.6 Å². The highest BCUT2D eigenvalue weighted by atomic mass is 16.5. The third-order valence-corrected chi connectivity index (χ3v) is 3.11. The molecule has 96 valence electrons. The summed E-state index contributed by atoms with van der Waals surface area (Å²) in [6, 6.07) is 9.73. The molecule has 1 aromatic carbocycles. The van der Waals surface area contributed by atoms with Crippen LogP contribution in [0, 0.1) is 13.8 Å². The molecule has 0 radical (unpaired) electrons. The average molecular weight is 255 g/mol. The van der Waals surface area contributed by atoms with E-state index in [-0.39, 0.29) is 5.56 Å². The van der Waals surface area contributed by atoms with Crippen molar-refractivity contribution in [2.24, 2.45) is 0 Å². The Morgan fingerprint density at radius 1 is 1.21 bits per heavy atom. The Bertz CT molecular complexity index is 788. The summed E-state index contributed by atoms with van der Waals surface area (Å²) in [5.74, 6) is 0.629. The second kappa shape index (κ2) is 4.35. The number of fused-ring (bicyclic) bond motifs is 1. The smallest absolute Gasteiger partial charge is 0.297 e. The van der Waals surface area contributed by atoms with Gasteiger partial charge in [-0.15, -0.1) is 0 Å². The van der Waals surface area contributed by atoms with Gasteiger partial charge >= 0.3 is 0 Å². The fourth-order valence-corrected chi connectivity index (χ4v) is 2.21. The lowest BCUT2D eigenvalue weighted by atomic mass is 10.2. The van der Waals surface area contributed by atoms with Crippen molar-refractivity contribution in [3.63, 3.8) is 0 Å². The monoisotopic (exact) mass is 255 g/mol. The van der Waals surface area contributed by atoms with Crippen LogP contribution < -0.4 is 5.56 Å². The first-order valence-electron chi connectivity index (χ1n) is 6.04. The Balaban J connectivity index is 2.15. The van der Waals surface area contributed by atoms with Crippen molar-refractivity contribution in [2.75, 3.05) is 0 Å². The maximum absolute atomic E-state index is 12.3. The van der Waals surface area contributed by atoms with E-state index in [0.29, 0.717) is 23.2 Å². The first kappa shape index (κ1) is 11.6. The molecule has 2 aromatic heterocycles. The number of rotatable bonds is 2. The van der Waals surface area contributed by atoms with Gasteiger partial charge in [-0.2, -0.15) is 5.10 Å². The molecule has 0 unspecified atom stereocenters. The zero-order valence-corrected chi connectivity index (χ0v) is 10.8. The van der Waals surface area contributed by atoms with E-state index in [9.17, 15) is 4.79 Å². The Hall–Kier alpha value is -2.43. The van der Waals surface area contributed by atoms with E-state index in [4.69, 9.17) is 4.52 Å². The van der Waals surface area contributed by atoms with E-state index in [0.717, 1.165) is 11.3 Å². The second-order valence-electron chi connectivity index (χ2n) is 4.50. The van der Waals surface area contributed by atoms with Crippen molar-refractivity contribution in [1.82, 2.24) is 14.9 Å². The first-order chi connectivity index (χ1) is 9.16. The maximum Gasteiger partial charge on any atom is 0.297 e. The van der Waals surface area contributed by atoms with Gasteiger partial charge in [0.1, 0.15) is 5.76 Å². The molecule has 0 aliphatic heterocycles. The van der Waals surface area contributed by atoms with Crippen LogP contribution in [0.3, 0.4) is 0 Å². The second-order valence-corrected chi connectivity index (χ2v) is 4.50. The lowest BCUT2D eigenvalue weighted by Gasteiger charge is -2.06. The summed E-state index contributed by atoms with van der Waals surface area (Å²) in [4.78, 5) is 12.3. The summed E-state index contributed by atoms with van der Waals surface area (Å²) in [5, 5.41) is 8.88. The van der Waals surface area contributed by atoms with E-state index >= 15 is 0 Å². The normalized spacial score (nSPS) is 11.1. The number of aromatic nitrogens is 3. The molecule has 19 heavy (non-hydrogen) atoms. The molecule has 5 nitrogen and oxygen atoms in total. The van der Waals surface area contributed by atoms with Crippen LogP contribution in [0.2, 0.25) is 0 Å². The summed E-state index contributed by atoms with van der Waals surface area (Å²) < 4.78 is 6.50. The van der Waals surface area contributed by atoms with E-state index in [2.05, 4.69) is 10.3 Å². The van der Waals surface area contributed by atoms with Crippen molar-refractivity contribution < 1.29 is 4.52 Å². The van der Waals surface area contributed by atoms with E-state index in [1.165, 1.54) is 4.68 Å². The molecule has 0 aliphatic carbocycles. The molecule has 3 aromatic rings. The fourth-order valence-electron chi connectivity index (χ4n) is 2.21. The van der Waals surface area contributed by atoms with Gasteiger partial charge in [0.2, 0.25) is 0 Å². The van der Waals surface area contributed by atoms with Gasteiger partial charge in [-0.25, -0.2) is 4.68 Å². The summed E-state index contributed by atoms with van der Waals surface area (Å²) in [6.45, 7) is 4.07. The van der Waals surface area contributed by atoms with E-state index in [1.807, 2.05) is 37.3 Å². The molecule has 0 fully saturated rings. The molecule has 5 heteroatoms. The van der Waals surface area contributed by atoms with E-state index in [1.54, 1.807) is 6.92 Å². The van der Waals surface area contributed by atoms with Crippen LogP contribution in [0.25, 0.3) is 10.9 Å². The fraction of sp³-hybridized carbons (Fsp3) is 0.214. The molecular formula is C14H13N3O2. The Labute approximate surface area is 109 Å². The minimum absolute atomic E-state index is 0.221. The Morgan fingerprint density at radius 2 is 1.95 bits per heavy atom. The Kier molecular flexibility index (Phi) is 2.67. The van der Waals surface area contributed by atoms with Crippen molar-refractivity contribution in [1.29, 1.82) is 0 Å². The molecule has 0 aliphatic rings. The molecular weight excluding hydrogens is 242 g/mol. The summed E-state index contributed by atoms with van der Waals surface area (Å²) in [7, 11) is 0. The minimum Gasteiger partial charge on any atom is -0.360 e. The van der Waals surface area contributed by atoms with Crippen LogP contribution in [0.5, 0.6) is 0 Å². The number of nitrogens with zero attached hydrogens (tertiary/aromatic N) is 3. The highest BCUT2D eigenvalue weighted by Gasteiger charge is 2.14. The highest BCUT2D eigenvalue weighted by Crippen LogP contribution is 2.16. The van der Waals surface area contributed by atoms with Gasteiger partial charge in [0, 0.05) is 0 Å².